The van der Waals surface area contributed by atoms with Gasteiger partial charge < -0.3 is 9.84 Å². The van der Waals surface area contributed by atoms with Crippen molar-refractivity contribution < 1.29 is 19.4 Å². The van der Waals surface area contributed by atoms with Crippen molar-refractivity contribution in [3.05, 3.63) is 99.3 Å². The fraction of sp³-hybridized carbons (Fsp3) is 0.179. The summed E-state index contributed by atoms with van der Waals surface area (Å²) in [5.74, 6) is -0.762. The number of ether oxygens (including phenoxy) is 1. The lowest BCUT2D eigenvalue weighted by Crippen LogP contribution is -2.29. The number of carbonyl (C=O) groups is 2. The Bertz CT molecular complexity index is 1580. The smallest absolute Gasteiger partial charge is 0.301 e. The van der Waals surface area contributed by atoms with Gasteiger partial charge in [-0.3, -0.25) is 19.5 Å². The molecule has 0 aliphatic carbocycles. The lowest BCUT2D eigenvalue weighted by Gasteiger charge is -2.22. The van der Waals surface area contributed by atoms with Crippen LogP contribution in [0.3, 0.4) is 0 Å². The molecule has 2 aromatic carbocycles. The molecular formula is C28H22Cl2N4O4S2. The predicted octanol–water partition coefficient (Wildman–Crippen LogP) is 6.95. The molecule has 4 aromatic rings. The van der Waals surface area contributed by atoms with Gasteiger partial charge in [-0.25, -0.2) is 0 Å². The van der Waals surface area contributed by atoms with E-state index in [4.69, 9.17) is 27.9 Å². The molecule has 0 spiro atoms. The highest BCUT2D eigenvalue weighted by Crippen LogP contribution is 2.44. The van der Waals surface area contributed by atoms with Crippen LogP contribution in [0.25, 0.3) is 5.76 Å². The molecule has 0 saturated carbocycles. The second-order valence-corrected chi connectivity index (χ2v) is 11.7. The van der Waals surface area contributed by atoms with Crippen LogP contribution in [-0.4, -0.2) is 38.6 Å². The molecule has 8 nitrogen and oxygen atoms in total. The van der Waals surface area contributed by atoms with Crippen molar-refractivity contribution >= 4 is 68.9 Å². The lowest BCUT2D eigenvalue weighted by molar-refractivity contribution is -0.132. The van der Waals surface area contributed by atoms with Crippen LogP contribution in [0.1, 0.15) is 36.1 Å². The van der Waals surface area contributed by atoms with Gasteiger partial charge in [-0.15, -0.1) is 10.2 Å². The summed E-state index contributed by atoms with van der Waals surface area (Å²) in [6, 6.07) is 14.5. The Balaban J connectivity index is 1.48. The number of pyridine rings is 1. The van der Waals surface area contributed by atoms with E-state index < -0.39 is 17.7 Å². The molecule has 1 unspecified atom stereocenters. The van der Waals surface area contributed by atoms with Gasteiger partial charge in [-0.2, -0.15) is 0 Å². The Kier molecular flexibility index (Phi) is 8.70. The number of nitrogens with zero attached hydrogens (tertiary/aromatic N) is 4. The standard InChI is InChI=1S/C28H22Cl2N4O4S2/c1-2-13-38-20-7-4-17(5-8-20)24(35)22-23(16-9-11-31-12-10-16)34(26(37)25(22)36)27-32-33-28(40-27)39-15-18-3-6-19(29)14-21(18)30/h3-12,14,23,35H,2,13,15H2,1H3/b24-22-. The number of hydrogen-bond acceptors (Lipinski definition) is 9. The topological polar surface area (TPSA) is 106 Å². The zero-order valence-corrected chi connectivity index (χ0v) is 24.2. The van der Waals surface area contributed by atoms with Crippen LogP contribution in [0.4, 0.5) is 5.13 Å². The molecule has 0 radical (unpaired) electrons. The normalized spacial score (nSPS) is 16.5. The maximum absolute atomic E-state index is 13.4. The average molecular weight is 614 g/mol. The van der Waals surface area contributed by atoms with Crippen LogP contribution in [0, 0.1) is 0 Å². The Morgan fingerprint density at radius 1 is 1.07 bits per heavy atom. The quantitative estimate of drug-likeness (QED) is 0.0711. The van der Waals surface area contributed by atoms with Gasteiger partial charge in [-0.05, 0) is 66.1 Å². The second-order valence-electron chi connectivity index (χ2n) is 8.70. The number of anilines is 1. The molecule has 204 valence electrons. The minimum atomic E-state index is -0.921. The van der Waals surface area contributed by atoms with Gasteiger partial charge in [0.2, 0.25) is 5.13 Å². The summed E-state index contributed by atoms with van der Waals surface area (Å²) in [6.45, 7) is 2.57. The van der Waals surface area contributed by atoms with Crippen molar-refractivity contribution in [2.75, 3.05) is 11.5 Å². The first-order chi connectivity index (χ1) is 19.4. The number of aliphatic hydroxyl groups is 1. The Hall–Kier alpha value is -3.44. The van der Waals surface area contributed by atoms with Crippen molar-refractivity contribution in [1.82, 2.24) is 15.2 Å². The zero-order valence-electron chi connectivity index (χ0n) is 21.1. The van der Waals surface area contributed by atoms with Gasteiger partial charge in [0.15, 0.2) is 4.34 Å². The number of amides is 1. The number of aromatic nitrogens is 3. The third kappa shape index (κ3) is 5.85. The number of carbonyl (C=O) groups excluding carboxylic acids is 2. The summed E-state index contributed by atoms with van der Waals surface area (Å²) in [5, 5.41) is 21.1. The van der Waals surface area contributed by atoms with Crippen LogP contribution in [0.5, 0.6) is 5.75 Å². The van der Waals surface area contributed by atoms with Crippen LogP contribution in [0.15, 0.2) is 76.9 Å². The Labute approximate surface area is 248 Å². The van der Waals surface area contributed by atoms with Gasteiger partial charge in [0.1, 0.15) is 11.5 Å². The number of aliphatic hydroxyl groups excluding tert-OH is 1. The monoisotopic (exact) mass is 612 g/mol. The second kappa shape index (κ2) is 12.4. The summed E-state index contributed by atoms with van der Waals surface area (Å²) < 4.78 is 6.20. The molecule has 0 bridgehead atoms. The van der Waals surface area contributed by atoms with Gasteiger partial charge in [0.05, 0.1) is 18.2 Å². The minimum absolute atomic E-state index is 0.0456. The number of Topliss-reactive ketones (excluding diaryl/α,β-unsaturated/α-hetero) is 1. The summed E-state index contributed by atoms with van der Waals surface area (Å²) >= 11 is 14.8. The predicted molar refractivity (Wildman–Crippen MR) is 157 cm³/mol. The van der Waals surface area contributed by atoms with Crippen molar-refractivity contribution in [3.8, 4) is 5.75 Å². The highest BCUT2D eigenvalue weighted by molar-refractivity contribution is 8.00. The fourth-order valence-electron chi connectivity index (χ4n) is 4.11. The maximum Gasteiger partial charge on any atom is 0.301 e. The molecule has 5 rings (SSSR count). The summed E-state index contributed by atoms with van der Waals surface area (Å²) in [6.07, 6.45) is 3.98. The Morgan fingerprint density at radius 2 is 1.82 bits per heavy atom. The van der Waals surface area contributed by atoms with E-state index in [1.54, 1.807) is 60.9 Å². The molecule has 1 fully saturated rings. The number of hydrogen-bond donors (Lipinski definition) is 1. The van der Waals surface area contributed by atoms with Crippen molar-refractivity contribution in [2.24, 2.45) is 0 Å². The molecule has 1 N–H and O–H groups in total. The summed E-state index contributed by atoms with van der Waals surface area (Å²) in [7, 11) is 0. The van der Waals surface area contributed by atoms with Crippen LogP contribution in [-0.2, 0) is 15.3 Å². The van der Waals surface area contributed by atoms with E-state index in [-0.39, 0.29) is 16.5 Å². The lowest BCUT2D eigenvalue weighted by atomic mass is 9.96. The van der Waals surface area contributed by atoms with Crippen molar-refractivity contribution in [1.29, 1.82) is 0 Å². The number of ketones is 1. The van der Waals surface area contributed by atoms with Gasteiger partial charge >= 0.3 is 5.91 Å². The fourth-order valence-corrected chi connectivity index (χ4v) is 6.54. The molecule has 3 heterocycles. The van der Waals surface area contributed by atoms with E-state index in [9.17, 15) is 14.7 Å². The zero-order chi connectivity index (χ0) is 28.2. The van der Waals surface area contributed by atoms with E-state index in [1.807, 2.05) is 13.0 Å². The first kappa shape index (κ1) is 28.1. The minimum Gasteiger partial charge on any atom is -0.507 e. The Morgan fingerprint density at radius 3 is 2.52 bits per heavy atom. The number of halogens is 2. The van der Waals surface area contributed by atoms with E-state index in [0.29, 0.717) is 43.6 Å². The van der Waals surface area contributed by atoms with Crippen molar-refractivity contribution in [2.45, 2.75) is 29.5 Å². The van der Waals surface area contributed by atoms with E-state index in [1.165, 1.54) is 28.0 Å². The van der Waals surface area contributed by atoms with Gasteiger partial charge in [0.25, 0.3) is 5.78 Å². The molecule has 12 heteroatoms. The van der Waals surface area contributed by atoms with Crippen LogP contribution >= 0.6 is 46.3 Å². The summed E-state index contributed by atoms with van der Waals surface area (Å²) in [5.41, 5.74) is 1.80. The third-order valence-corrected chi connectivity index (χ3v) is 8.73. The molecule has 40 heavy (non-hydrogen) atoms. The number of benzene rings is 2. The van der Waals surface area contributed by atoms with Crippen LogP contribution < -0.4 is 9.64 Å². The van der Waals surface area contributed by atoms with Crippen molar-refractivity contribution in [3.63, 3.8) is 0 Å². The third-order valence-electron chi connectivity index (χ3n) is 6.04. The molecule has 2 aromatic heterocycles. The van der Waals surface area contributed by atoms with E-state index in [2.05, 4.69) is 15.2 Å². The maximum atomic E-state index is 13.4. The summed E-state index contributed by atoms with van der Waals surface area (Å²) in [4.78, 5) is 32.1. The molecule has 1 atom stereocenters. The highest BCUT2D eigenvalue weighted by atomic mass is 35.5. The highest BCUT2D eigenvalue weighted by Gasteiger charge is 2.48. The first-order valence-electron chi connectivity index (χ1n) is 12.2. The van der Waals surface area contributed by atoms with Crippen LogP contribution in [0.2, 0.25) is 10.0 Å². The SMILES string of the molecule is CCCOc1ccc(/C(O)=C2/C(=O)C(=O)N(c3nnc(SCc4ccc(Cl)cc4Cl)s3)C2c2ccncc2)cc1. The number of thioether (sulfide) groups is 1. The van der Waals surface area contributed by atoms with E-state index >= 15 is 0 Å². The van der Waals surface area contributed by atoms with Gasteiger partial charge in [-0.1, -0.05) is 59.3 Å². The van der Waals surface area contributed by atoms with E-state index in [0.717, 1.165) is 12.0 Å². The first-order valence-corrected chi connectivity index (χ1v) is 14.8. The largest absolute Gasteiger partial charge is 0.507 e. The number of rotatable bonds is 9. The molecule has 1 amide bonds. The average Bonchev–Trinajstić information content (AvgIpc) is 3.53. The molecule has 1 aliphatic heterocycles. The molecular weight excluding hydrogens is 591 g/mol. The van der Waals surface area contributed by atoms with Gasteiger partial charge in [0, 0.05) is 33.8 Å². The molecule has 1 saturated heterocycles. The molecule has 1 aliphatic rings.